The van der Waals surface area contributed by atoms with Crippen LogP contribution in [0.1, 0.15) is 42.6 Å². The van der Waals surface area contributed by atoms with Crippen LogP contribution in [0.2, 0.25) is 0 Å². The predicted molar refractivity (Wildman–Crippen MR) is 78.9 cm³/mol. The summed E-state index contributed by atoms with van der Waals surface area (Å²) in [6.07, 6.45) is 4.65. The molecule has 0 fully saturated rings. The Morgan fingerprint density at radius 1 is 1.25 bits per heavy atom. The summed E-state index contributed by atoms with van der Waals surface area (Å²) >= 11 is 0. The molecule has 0 aliphatic carbocycles. The summed E-state index contributed by atoms with van der Waals surface area (Å²) in [6, 6.07) is 7.92. The molecule has 0 aliphatic rings. The average Bonchev–Trinajstić information content (AvgIpc) is 2.89. The molecular formula is C16H20N2O2. The number of carboxylic acids is 1. The van der Waals surface area contributed by atoms with Gasteiger partial charge in [0.15, 0.2) is 0 Å². The zero-order chi connectivity index (χ0) is 14.5. The second-order valence-electron chi connectivity index (χ2n) is 4.86. The first-order valence-electron chi connectivity index (χ1n) is 7.05. The molecule has 1 heterocycles. The summed E-state index contributed by atoms with van der Waals surface area (Å²) in [4.78, 5) is 11.4. The number of unbranched alkanes of at least 4 members (excludes halogenated alkanes) is 1. The molecule has 1 aromatic carbocycles. The van der Waals surface area contributed by atoms with Crippen molar-refractivity contribution in [3.8, 4) is 11.3 Å². The van der Waals surface area contributed by atoms with Crippen LogP contribution >= 0.6 is 0 Å². The fourth-order valence-electron chi connectivity index (χ4n) is 2.12. The van der Waals surface area contributed by atoms with Crippen LogP contribution in [0, 0.1) is 0 Å². The fraction of sp³-hybridized carbons (Fsp3) is 0.375. The van der Waals surface area contributed by atoms with Crippen LogP contribution in [0.3, 0.4) is 0 Å². The smallest absolute Gasteiger partial charge is 0.339 e. The van der Waals surface area contributed by atoms with Crippen molar-refractivity contribution in [2.24, 2.45) is 0 Å². The Kier molecular flexibility index (Phi) is 4.56. The molecule has 0 unspecified atom stereocenters. The minimum absolute atomic E-state index is 0.269. The predicted octanol–water partition coefficient (Wildman–Crippen LogP) is 3.61. The lowest BCUT2D eigenvalue weighted by Crippen LogP contribution is -1.98. The van der Waals surface area contributed by atoms with Crippen molar-refractivity contribution in [1.82, 2.24) is 9.78 Å². The van der Waals surface area contributed by atoms with Crippen LogP contribution in [0.15, 0.2) is 30.5 Å². The van der Waals surface area contributed by atoms with Gasteiger partial charge >= 0.3 is 5.97 Å². The van der Waals surface area contributed by atoms with Gasteiger partial charge in [-0.15, -0.1) is 0 Å². The minimum atomic E-state index is -0.928. The summed E-state index contributed by atoms with van der Waals surface area (Å²) in [6.45, 7) is 4.95. The molecule has 0 atom stereocenters. The van der Waals surface area contributed by atoms with Gasteiger partial charge in [-0.05, 0) is 18.4 Å². The number of carbonyl (C=O) groups is 1. The first kappa shape index (κ1) is 14.3. The molecule has 2 aromatic rings. The molecule has 0 spiro atoms. The van der Waals surface area contributed by atoms with E-state index >= 15 is 0 Å². The fourth-order valence-corrected chi connectivity index (χ4v) is 2.12. The van der Waals surface area contributed by atoms with E-state index in [1.165, 1.54) is 5.56 Å². The molecular weight excluding hydrogens is 252 g/mol. The molecule has 0 saturated carbocycles. The molecule has 20 heavy (non-hydrogen) atoms. The third-order valence-corrected chi connectivity index (χ3v) is 3.37. The summed E-state index contributed by atoms with van der Waals surface area (Å²) < 4.78 is 1.73. The standard InChI is InChI=1S/C16H20N2O2/c1-3-5-10-18-11-14(16(19)20)15(17-18)13-8-6-12(4-2)7-9-13/h6-9,11H,3-5,10H2,1-2H3,(H,19,20). The molecule has 2 rings (SSSR count). The number of aryl methyl sites for hydroxylation is 2. The van der Waals surface area contributed by atoms with Crippen molar-refractivity contribution < 1.29 is 9.90 Å². The van der Waals surface area contributed by atoms with E-state index in [-0.39, 0.29) is 5.56 Å². The van der Waals surface area contributed by atoms with E-state index in [1.54, 1.807) is 10.9 Å². The van der Waals surface area contributed by atoms with Gasteiger partial charge in [0.2, 0.25) is 0 Å². The molecule has 0 aliphatic heterocycles. The number of nitrogens with zero attached hydrogens (tertiary/aromatic N) is 2. The Morgan fingerprint density at radius 3 is 2.50 bits per heavy atom. The number of aromatic carboxylic acids is 1. The van der Waals surface area contributed by atoms with E-state index in [1.807, 2.05) is 24.3 Å². The molecule has 0 saturated heterocycles. The maximum atomic E-state index is 11.4. The lowest BCUT2D eigenvalue weighted by molar-refractivity contribution is 0.0697. The molecule has 4 heteroatoms. The quantitative estimate of drug-likeness (QED) is 0.874. The molecule has 106 valence electrons. The van der Waals surface area contributed by atoms with Gasteiger partial charge in [-0.25, -0.2) is 4.79 Å². The summed E-state index contributed by atoms with van der Waals surface area (Å²) in [7, 11) is 0. The summed E-state index contributed by atoms with van der Waals surface area (Å²) in [5, 5.41) is 13.7. The van der Waals surface area contributed by atoms with Gasteiger partial charge in [0.05, 0.1) is 0 Å². The van der Waals surface area contributed by atoms with Crippen molar-refractivity contribution >= 4 is 5.97 Å². The summed E-state index contributed by atoms with van der Waals surface area (Å²) in [5.74, 6) is -0.928. The Morgan fingerprint density at radius 2 is 1.95 bits per heavy atom. The molecule has 1 N–H and O–H groups in total. The monoisotopic (exact) mass is 272 g/mol. The Labute approximate surface area is 119 Å². The lowest BCUT2D eigenvalue weighted by atomic mass is 10.1. The van der Waals surface area contributed by atoms with Crippen LogP contribution in [-0.4, -0.2) is 20.9 Å². The zero-order valence-electron chi connectivity index (χ0n) is 12.0. The van der Waals surface area contributed by atoms with Crippen LogP contribution in [0.4, 0.5) is 0 Å². The van der Waals surface area contributed by atoms with Gasteiger partial charge in [-0.3, -0.25) is 4.68 Å². The zero-order valence-corrected chi connectivity index (χ0v) is 12.0. The van der Waals surface area contributed by atoms with Crippen molar-refractivity contribution in [3.63, 3.8) is 0 Å². The second kappa shape index (κ2) is 6.37. The number of benzene rings is 1. The molecule has 4 nitrogen and oxygen atoms in total. The van der Waals surface area contributed by atoms with Gasteiger partial charge < -0.3 is 5.11 Å². The largest absolute Gasteiger partial charge is 0.478 e. The third kappa shape index (κ3) is 3.07. The molecule has 0 amide bonds. The van der Waals surface area contributed by atoms with Gasteiger partial charge in [-0.1, -0.05) is 44.5 Å². The molecule has 0 bridgehead atoms. The van der Waals surface area contributed by atoms with E-state index in [0.29, 0.717) is 5.69 Å². The normalized spacial score (nSPS) is 10.7. The van der Waals surface area contributed by atoms with Crippen molar-refractivity contribution in [2.75, 3.05) is 0 Å². The van der Waals surface area contributed by atoms with Gasteiger partial charge in [0.1, 0.15) is 11.3 Å². The Hall–Kier alpha value is -2.10. The Bertz CT molecular complexity index is 585. The first-order valence-corrected chi connectivity index (χ1v) is 7.05. The van der Waals surface area contributed by atoms with Crippen LogP contribution in [0.5, 0.6) is 0 Å². The van der Waals surface area contributed by atoms with E-state index in [4.69, 9.17) is 0 Å². The SMILES string of the molecule is CCCCn1cc(C(=O)O)c(-c2ccc(CC)cc2)n1. The topological polar surface area (TPSA) is 55.1 Å². The van der Waals surface area contributed by atoms with Crippen LogP contribution in [0.25, 0.3) is 11.3 Å². The van der Waals surface area contributed by atoms with E-state index in [9.17, 15) is 9.90 Å². The van der Waals surface area contributed by atoms with Gasteiger partial charge in [0.25, 0.3) is 0 Å². The number of carboxylic acid groups (broad SMARTS) is 1. The second-order valence-corrected chi connectivity index (χ2v) is 4.86. The van der Waals surface area contributed by atoms with Crippen LogP contribution in [-0.2, 0) is 13.0 Å². The highest BCUT2D eigenvalue weighted by Crippen LogP contribution is 2.23. The van der Waals surface area contributed by atoms with Crippen molar-refractivity contribution in [3.05, 3.63) is 41.6 Å². The highest BCUT2D eigenvalue weighted by molar-refractivity contribution is 5.94. The van der Waals surface area contributed by atoms with E-state index in [0.717, 1.165) is 31.4 Å². The summed E-state index contributed by atoms with van der Waals surface area (Å²) in [5.41, 5.74) is 2.91. The number of hydrogen-bond donors (Lipinski definition) is 1. The molecule has 0 radical (unpaired) electrons. The maximum absolute atomic E-state index is 11.4. The van der Waals surface area contributed by atoms with Gasteiger partial charge in [-0.2, -0.15) is 5.10 Å². The van der Waals surface area contributed by atoms with E-state index < -0.39 is 5.97 Å². The van der Waals surface area contributed by atoms with Crippen LogP contribution < -0.4 is 0 Å². The first-order chi connectivity index (χ1) is 9.65. The lowest BCUT2D eigenvalue weighted by Gasteiger charge is -2.01. The number of hydrogen-bond acceptors (Lipinski definition) is 2. The average molecular weight is 272 g/mol. The number of aromatic nitrogens is 2. The highest BCUT2D eigenvalue weighted by Gasteiger charge is 2.16. The van der Waals surface area contributed by atoms with E-state index in [2.05, 4.69) is 18.9 Å². The van der Waals surface area contributed by atoms with Crippen molar-refractivity contribution in [1.29, 1.82) is 0 Å². The minimum Gasteiger partial charge on any atom is -0.478 e. The highest BCUT2D eigenvalue weighted by atomic mass is 16.4. The van der Waals surface area contributed by atoms with Crippen molar-refractivity contribution in [2.45, 2.75) is 39.7 Å². The Balaban J connectivity index is 2.37. The number of rotatable bonds is 6. The third-order valence-electron chi connectivity index (χ3n) is 3.37. The van der Waals surface area contributed by atoms with Gasteiger partial charge in [0, 0.05) is 18.3 Å². The maximum Gasteiger partial charge on any atom is 0.339 e. The molecule has 1 aromatic heterocycles.